The average Bonchev–Trinajstić information content (AvgIpc) is 2.70. The molecule has 0 aliphatic rings. The highest BCUT2D eigenvalue weighted by Crippen LogP contribution is 2.31. The molecule has 0 amide bonds. The third kappa shape index (κ3) is 16.5. The van der Waals surface area contributed by atoms with Crippen molar-refractivity contribution in [1.29, 1.82) is 0 Å². The van der Waals surface area contributed by atoms with Crippen molar-refractivity contribution in [3.63, 3.8) is 0 Å². The topological polar surface area (TPSA) is 48.8 Å². The van der Waals surface area contributed by atoms with Gasteiger partial charge in [-0.1, -0.05) is 154 Å². The molecule has 0 spiro atoms. The van der Waals surface area contributed by atoms with Crippen LogP contribution in [0, 0.1) is 0 Å². The predicted octanol–water partition coefficient (Wildman–Crippen LogP) is 10.3. The summed E-state index contributed by atoms with van der Waals surface area (Å²) in [4.78, 5) is 3.38. The van der Waals surface area contributed by atoms with Crippen molar-refractivity contribution in [2.75, 3.05) is 0 Å². The van der Waals surface area contributed by atoms with Crippen molar-refractivity contribution in [2.24, 2.45) is 4.78 Å². The van der Waals surface area contributed by atoms with Crippen LogP contribution in [0.5, 0.6) is 0 Å². The van der Waals surface area contributed by atoms with Crippen LogP contribution in [0.15, 0.2) is 4.78 Å². The van der Waals surface area contributed by atoms with Crippen LogP contribution in [0.3, 0.4) is 0 Å². The van der Waals surface area contributed by atoms with E-state index in [1.54, 1.807) is 0 Å². The molecule has 0 saturated heterocycles. The summed E-state index contributed by atoms with van der Waals surface area (Å²) in [5, 5.41) is 0. The summed E-state index contributed by atoms with van der Waals surface area (Å²) in [6.45, 7) is 6.84. The van der Waals surface area contributed by atoms with Gasteiger partial charge in [0.05, 0.1) is 0 Å². The van der Waals surface area contributed by atoms with Crippen LogP contribution < -0.4 is 0 Å². The van der Waals surface area contributed by atoms with E-state index in [0.29, 0.717) is 0 Å². The van der Waals surface area contributed by atoms with Crippen molar-refractivity contribution in [3.05, 3.63) is 10.4 Å². The zero-order valence-electron chi connectivity index (χ0n) is 19.7. The number of rotatable bonds is 22. The van der Waals surface area contributed by atoms with Gasteiger partial charge in [0.25, 0.3) is 0 Å². The lowest BCUT2D eigenvalue weighted by Gasteiger charge is -2.27. The summed E-state index contributed by atoms with van der Waals surface area (Å²) in [5.74, 6) is 0. The van der Waals surface area contributed by atoms with E-state index in [9.17, 15) is 5.53 Å². The molecule has 0 bridgehead atoms. The molecule has 3 nitrogen and oxygen atoms in total. The number of hydrogen-bond acceptors (Lipinski definition) is 1. The van der Waals surface area contributed by atoms with Gasteiger partial charge in [-0.2, -0.15) is 0 Å². The summed E-state index contributed by atoms with van der Waals surface area (Å²) >= 11 is 0. The van der Waals surface area contributed by atoms with Gasteiger partial charge in [0, 0.05) is 0 Å². The SMILES string of the molecule is CCCCCCCC[Si](CCCCCCCC)(CCCCCCCC)N=[N+]=[N-]. The van der Waals surface area contributed by atoms with Crippen molar-refractivity contribution < 1.29 is 0 Å². The lowest BCUT2D eigenvalue weighted by atomic mass is 10.1. The molecule has 0 aromatic carbocycles. The van der Waals surface area contributed by atoms with Gasteiger partial charge in [-0.25, -0.2) is 0 Å². The van der Waals surface area contributed by atoms with E-state index in [2.05, 4.69) is 30.5 Å². The van der Waals surface area contributed by atoms with Gasteiger partial charge in [0.1, 0.15) is 0 Å². The fourth-order valence-electron chi connectivity index (χ4n) is 4.32. The van der Waals surface area contributed by atoms with E-state index in [1.807, 2.05) is 0 Å². The molecule has 28 heavy (non-hydrogen) atoms. The zero-order valence-corrected chi connectivity index (χ0v) is 20.7. The summed E-state index contributed by atoms with van der Waals surface area (Å²) in [6, 6.07) is 3.73. The van der Waals surface area contributed by atoms with Crippen LogP contribution in [-0.2, 0) is 0 Å². The zero-order chi connectivity index (χ0) is 20.8. The number of hydrogen-bond donors (Lipinski definition) is 0. The Morgan fingerprint density at radius 2 is 0.786 bits per heavy atom. The Balaban J connectivity index is 4.46. The average molecular weight is 410 g/mol. The second kappa shape index (κ2) is 21.2. The summed E-state index contributed by atoms with van der Waals surface area (Å²) in [5.41, 5.74) is 9.31. The van der Waals surface area contributed by atoms with Gasteiger partial charge < -0.3 is 0 Å². The first-order chi connectivity index (χ1) is 13.7. The molecule has 0 radical (unpaired) electrons. The Hall–Kier alpha value is -0.473. The smallest absolute Gasteiger partial charge is 0.124 e. The normalized spacial score (nSPS) is 11.5. The van der Waals surface area contributed by atoms with Crippen LogP contribution in [0.25, 0.3) is 10.4 Å². The van der Waals surface area contributed by atoms with Crippen LogP contribution in [0.1, 0.15) is 136 Å². The molecule has 0 unspecified atom stereocenters. The van der Waals surface area contributed by atoms with Gasteiger partial charge in [0.15, 0.2) is 8.24 Å². The van der Waals surface area contributed by atoms with E-state index in [-0.39, 0.29) is 0 Å². The van der Waals surface area contributed by atoms with Crippen LogP contribution in [0.2, 0.25) is 18.1 Å². The highest BCUT2D eigenvalue weighted by atomic mass is 28.3. The van der Waals surface area contributed by atoms with Crippen LogP contribution in [0.4, 0.5) is 0 Å². The third-order valence-corrected chi connectivity index (χ3v) is 10.6. The minimum Gasteiger partial charge on any atom is -0.124 e. The molecule has 0 heterocycles. The first kappa shape index (κ1) is 27.5. The Bertz CT molecular complexity index is 326. The fourth-order valence-corrected chi connectivity index (χ4v) is 8.29. The molecule has 4 heteroatoms. The number of unbranched alkanes of at least 4 members (excludes halogenated alkanes) is 15. The van der Waals surface area contributed by atoms with Gasteiger partial charge in [-0.05, 0) is 10.4 Å². The minimum atomic E-state index is -1.79. The summed E-state index contributed by atoms with van der Waals surface area (Å²) < 4.78 is 4.58. The second-order valence-corrected chi connectivity index (χ2v) is 13.1. The molecule has 0 saturated carbocycles. The second-order valence-electron chi connectivity index (χ2n) is 8.97. The molecular weight excluding hydrogens is 358 g/mol. The van der Waals surface area contributed by atoms with Crippen molar-refractivity contribution in [1.82, 2.24) is 0 Å². The van der Waals surface area contributed by atoms with Gasteiger partial charge in [-0.15, -0.1) is 4.78 Å². The maximum Gasteiger partial charge on any atom is 0.155 e. The molecule has 0 aliphatic carbocycles. The molecule has 0 aromatic heterocycles. The van der Waals surface area contributed by atoms with Gasteiger partial charge >= 0.3 is 0 Å². The number of nitrogens with zero attached hydrogens (tertiary/aromatic N) is 3. The standard InChI is InChI=1S/C24H51N3Si/c1-4-7-10-13-16-19-22-28(27-26-25,23-20-17-14-11-8-5-2)24-21-18-15-12-9-6-3/h4-24H2,1-3H3. The summed E-state index contributed by atoms with van der Waals surface area (Å²) in [6.07, 6.45) is 24.2. The van der Waals surface area contributed by atoms with E-state index in [1.165, 1.54) is 134 Å². The molecule has 0 atom stereocenters. The van der Waals surface area contributed by atoms with E-state index < -0.39 is 8.24 Å². The quantitative estimate of drug-likeness (QED) is 0.0561. The maximum atomic E-state index is 9.31. The first-order valence-corrected chi connectivity index (χ1v) is 15.4. The van der Waals surface area contributed by atoms with E-state index in [4.69, 9.17) is 0 Å². The Morgan fingerprint density at radius 3 is 1.07 bits per heavy atom. The molecule has 0 rings (SSSR count). The molecule has 0 aromatic rings. The first-order valence-electron chi connectivity index (χ1n) is 12.8. The van der Waals surface area contributed by atoms with Crippen LogP contribution >= 0.6 is 0 Å². The lowest BCUT2D eigenvalue weighted by Crippen LogP contribution is -2.31. The monoisotopic (exact) mass is 409 g/mol. The van der Waals surface area contributed by atoms with Crippen molar-refractivity contribution >= 4 is 8.24 Å². The predicted molar refractivity (Wildman–Crippen MR) is 129 cm³/mol. The third-order valence-electron chi connectivity index (χ3n) is 6.24. The molecule has 0 aliphatic heterocycles. The van der Waals surface area contributed by atoms with Crippen LogP contribution in [-0.4, -0.2) is 8.24 Å². The molecule has 166 valence electrons. The highest BCUT2D eigenvalue weighted by molar-refractivity contribution is 6.78. The largest absolute Gasteiger partial charge is 0.155 e. The fraction of sp³-hybridized carbons (Fsp3) is 1.00. The Kier molecular flexibility index (Phi) is 20.9. The molecule has 0 N–H and O–H groups in total. The Labute approximate surface area is 178 Å². The van der Waals surface area contributed by atoms with Crippen molar-refractivity contribution in [3.8, 4) is 0 Å². The maximum absolute atomic E-state index is 9.31. The highest BCUT2D eigenvalue weighted by Gasteiger charge is 2.30. The molecular formula is C24H51N3Si. The van der Waals surface area contributed by atoms with Gasteiger partial charge in [0.2, 0.25) is 0 Å². The van der Waals surface area contributed by atoms with Crippen molar-refractivity contribution in [2.45, 2.75) is 154 Å². The number of azide groups is 1. The lowest BCUT2D eigenvalue weighted by molar-refractivity contribution is 0.605. The Morgan fingerprint density at radius 1 is 0.500 bits per heavy atom. The van der Waals surface area contributed by atoms with E-state index in [0.717, 1.165) is 0 Å². The van der Waals surface area contributed by atoms with Gasteiger partial charge in [-0.3, -0.25) is 0 Å². The summed E-state index contributed by atoms with van der Waals surface area (Å²) in [7, 11) is -1.79. The van der Waals surface area contributed by atoms with E-state index >= 15 is 0 Å². The minimum absolute atomic E-state index is 1.24. The molecule has 0 fully saturated rings.